The zero-order valence-electron chi connectivity index (χ0n) is 18.9. The molecule has 31 heavy (non-hydrogen) atoms. The number of allylic oxidation sites excluding steroid dienone is 10. The van der Waals surface area contributed by atoms with Gasteiger partial charge in [0.25, 0.3) is 11.5 Å². The Kier molecular flexibility index (Phi) is 7.06. The highest BCUT2D eigenvalue weighted by molar-refractivity contribution is 7.14. The molecule has 5 heteroatoms. The van der Waals surface area contributed by atoms with E-state index >= 15 is 0 Å². The molecule has 0 aliphatic heterocycles. The third-order valence-electron chi connectivity index (χ3n) is 5.69. The number of carbonyl (C=O) groups is 1. The van der Waals surface area contributed by atoms with Crippen molar-refractivity contribution in [3.05, 3.63) is 87.4 Å². The minimum atomic E-state index is -0.349. The van der Waals surface area contributed by atoms with E-state index in [-0.39, 0.29) is 16.9 Å². The summed E-state index contributed by atoms with van der Waals surface area (Å²) in [4.78, 5) is 29.6. The number of pyridine rings is 1. The summed E-state index contributed by atoms with van der Waals surface area (Å²) < 4.78 is 1.15. The van der Waals surface area contributed by atoms with E-state index in [1.54, 1.807) is 18.3 Å². The lowest BCUT2D eigenvalue weighted by molar-refractivity contribution is 0.0977. The van der Waals surface area contributed by atoms with Gasteiger partial charge in [-0.25, -0.2) is 4.98 Å². The first kappa shape index (κ1) is 22.9. The average Bonchev–Trinajstić information content (AvgIpc) is 3.04. The fourth-order valence-electron chi connectivity index (χ4n) is 3.94. The number of rotatable bonds is 5. The Balaban J connectivity index is 1.70. The van der Waals surface area contributed by atoms with Crippen LogP contribution in [0, 0.1) is 5.41 Å². The molecule has 0 spiro atoms. The zero-order chi connectivity index (χ0) is 22.6. The Morgan fingerprint density at radius 3 is 2.71 bits per heavy atom. The van der Waals surface area contributed by atoms with Crippen molar-refractivity contribution in [3.8, 4) is 0 Å². The van der Waals surface area contributed by atoms with E-state index < -0.39 is 0 Å². The van der Waals surface area contributed by atoms with Crippen LogP contribution in [0.3, 0.4) is 0 Å². The van der Waals surface area contributed by atoms with Gasteiger partial charge in [-0.1, -0.05) is 55.4 Å². The van der Waals surface area contributed by atoms with Crippen LogP contribution in [-0.4, -0.2) is 14.8 Å². The Morgan fingerprint density at radius 2 is 2.00 bits per heavy atom. The molecule has 0 fully saturated rings. The van der Waals surface area contributed by atoms with E-state index in [0.29, 0.717) is 10.2 Å². The second-order valence-corrected chi connectivity index (χ2v) is 9.74. The SMILES string of the molecule is CC(C=CC1=C(C)CCCC1(C)C)=CC=CC(C)=CC(=O)n1sc2ncccc2c1=O. The fourth-order valence-corrected chi connectivity index (χ4v) is 4.80. The number of fused-ring (bicyclic) bond motifs is 1. The van der Waals surface area contributed by atoms with Gasteiger partial charge < -0.3 is 0 Å². The van der Waals surface area contributed by atoms with Crippen LogP contribution in [0.2, 0.25) is 0 Å². The number of carbonyl (C=O) groups excluding carboxylic acids is 1. The first-order valence-corrected chi connectivity index (χ1v) is 11.4. The second kappa shape index (κ2) is 9.56. The molecule has 0 N–H and O–H groups in total. The molecule has 1 aliphatic rings. The normalized spacial score (nSPS) is 18.0. The van der Waals surface area contributed by atoms with E-state index in [1.807, 2.05) is 25.2 Å². The molecule has 0 saturated carbocycles. The minimum absolute atomic E-state index is 0.231. The summed E-state index contributed by atoms with van der Waals surface area (Å²) in [6.07, 6.45) is 17.0. The highest BCUT2D eigenvalue weighted by Crippen LogP contribution is 2.40. The maximum atomic E-state index is 12.5. The van der Waals surface area contributed by atoms with Crippen molar-refractivity contribution >= 4 is 27.7 Å². The molecule has 0 aromatic carbocycles. The van der Waals surface area contributed by atoms with Crippen molar-refractivity contribution in [1.29, 1.82) is 0 Å². The molecule has 0 unspecified atom stereocenters. The van der Waals surface area contributed by atoms with Gasteiger partial charge in [0.15, 0.2) is 0 Å². The topological polar surface area (TPSA) is 52.0 Å². The molecule has 3 rings (SSSR count). The second-order valence-electron chi connectivity index (χ2n) is 8.81. The summed E-state index contributed by atoms with van der Waals surface area (Å²) in [5.41, 5.74) is 4.77. The van der Waals surface area contributed by atoms with Crippen molar-refractivity contribution in [2.24, 2.45) is 5.41 Å². The predicted molar refractivity (Wildman–Crippen MR) is 131 cm³/mol. The molecule has 0 atom stereocenters. The highest BCUT2D eigenvalue weighted by Gasteiger charge is 2.26. The van der Waals surface area contributed by atoms with Gasteiger partial charge in [0.2, 0.25) is 0 Å². The van der Waals surface area contributed by atoms with E-state index in [1.165, 1.54) is 36.5 Å². The molecule has 4 nitrogen and oxygen atoms in total. The Morgan fingerprint density at radius 1 is 1.23 bits per heavy atom. The molecule has 2 aromatic rings. The summed E-state index contributed by atoms with van der Waals surface area (Å²) in [6.45, 7) is 10.8. The molecule has 2 heterocycles. The smallest absolute Gasteiger partial charge is 0.268 e. The number of hydrogen-bond donors (Lipinski definition) is 0. The predicted octanol–water partition coefficient (Wildman–Crippen LogP) is 6.63. The minimum Gasteiger partial charge on any atom is -0.268 e. The molecule has 2 aromatic heterocycles. The Labute approximate surface area is 188 Å². The number of aromatic nitrogens is 2. The monoisotopic (exact) mass is 434 g/mol. The van der Waals surface area contributed by atoms with Gasteiger partial charge in [0, 0.05) is 12.3 Å². The van der Waals surface area contributed by atoms with E-state index in [4.69, 9.17) is 0 Å². The third-order valence-corrected chi connectivity index (χ3v) is 6.72. The lowest BCUT2D eigenvalue weighted by Gasteiger charge is -2.32. The van der Waals surface area contributed by atoms with Gasteiger partial charge in [0.1, 0.15) is 4.83 Å². The molecular weight excluding hydrogens is 404 g/mol. The van der Waals surface area contributed by atoms with Crippen LogP contribution in [0.5, 0.6) is 0 Å². The van der Waals surface area contributed by atoms with E-state index in [0.717, 1.165) is 26.6 Å². The van der Waals surface area contributed by atoms with Crippen LogP contribution in [0.25, 0.3) is 10.2 Å². The molecule has 0 saturated heterocycles. The van der Waals surface area contributed by atoms with Crippen molar-refractivity contribution in [2.45, 2.75) is 53.9 Å². The summed E-state index contributed by atoms with van der Waals surface area (Å²) >= 11 is 1.07. The van der Waals surface area contributed by atoms with Crippen LogP contribution < -0.4 is 5.56 Å². The summed E-state index contributed by atoms with van der Waals surface area (Å²) in [5.74, 6) is -0.349. The van der Waals surface area contributed by atoms with E-state index in [2.05, 4.69) is 44.8 Å². The van der Waals surface area contributed by atoms with Crippen LogP contribution in [0.15, 0.2) is 81.9 Å². The standard InChI is InChI=1S/C26H30N2O2S/c1-18(13-14-22-20(3)11-7-15-26(22,4)5)9-6-10-19(2)17-23(29)28-25(30)21-12-8-16-27-24(21)31-28/h6,8-10,12-14,16-17H,7,11,15H2,1-5H3. The first-order chi connectivity index (χ1) is 14.7. The zero-order valence-corrected chi connectivity index (χ0v) is 19.8. The van der Waals surface area contributed by atoms with Gasteiger partial charge in [-0.2, -0.15) is 3.96 Å². The van der Waals surface area contributed by atoms with Crippen molar-refractivity contribution in [3.63, 3.8) is 0 Å². The van der Waals surface area contributed by atoms with Crippen LogP contribution in [-0.2, 0) is 0 Å². The Hall–Kier alpha value is -2.79. The van der Waals surface area contributed by atoms with Gasteiger partial charge in [-0.15, -0.1) is 0 Å². The summed E-state index contributed by atoms with van der Waals surface area (Å²) in [7, 11) is 0. The molecular formula is C26H30N2O2S. The fraction of sp³-hybridized carbons (Fsp3) is 0.346. The maximum absolute atomic E-state index is 12.5. The third kappa shape index (κ3) is 5.47. The van der Waals surface area contributed by atoms with Gasteiger partial charge in [-0.05, 0) is 80.3 Å². The van der Waals surface area contributed by atoms with Gasteiger partial charge in [-0.3, -0.25) is 9.59 Å². The lowest BCUT2D eigenvalue weighted by Crippen LogP contribution is -2.19. The van der Waals surface area contributed by atoms with Gasteiger partial charge >= 0.3 is 0 Å². The van der Waals surface area contributed by atoms with Crippen molar-refractivity contribution in [1.82, 2.24) is 8.94 Å². The Bertz CT molecular complexity index is 1200. The molecule has 0 bridgehead atoms. The summed E-state index contributed by atoms with van der Waals surface area (Å²) in [6, 6.07) is 3.39. The number of hydrogen-bond acceptors (Lipinski definition) is 4. The van der Waals surface area contributed by atoms with Crippen molar-refractivity contribution in [2.75, 3.05) is 0 Å². The van der Waals surface area contributed by atoms with Crippen LogP contribution in [0.1, 0.15) is 58.7 Å². The first-order valence-electron chi connectivity index (χ1n) is 10.6. The van der Waals surface area contributed by atoms with E-state index in [9.17, 15) is 9.59 Å². The number of nitrogens with zero attached hydrogens (tertiary/aromatic N) is 2. The molecule has 0 radical (unpaired) electrons. The summed E-state index contributed by atoms with van der Waals surface area (Å²) in [5, 5.41) is 0.472. The quantitative estimate of drug-likeness (QED) is 0.392. The molecule has 162 valence electrons. The largest absolute Gasteiger partial charge is 0.277 e. The molecule has 1 aliphatic carbocycles. The van der Waals surface area contributed by atoms with Crippen molar-refractivity contribution < 1.29 is 4.79 Å². The van der Waals surface area contributed by atoms with Gasteiger partial charge in [0.05, 0.1) is 5.39 Å². The van der Waals surface area contributed by atoms with Crippen LogP contribution >= 0.6 is 11.5 Å². The maximum Gasteiger partial charge on any atom is 0.277 e. The lowest BCUT2D eigenvalue weighted by atomic mass is 9.72. The molecule has 0 amide bonds. The van der Waals surface area contributed by atoms with Crippen LogP contribution in [0.4, 0.5) is 0 Å². The average molecular weight is 435 g/mol. The highest BCUT2D eigenvalue weighted by atomic mass is 32.1.